The minimum atomic E-state index is 0.241. The van der Waals surface area contributed by atoms with E-state index in [1.807, 2.05) is 18.2 Å². The summed E-state index contributed by atoms with van der Waals surface area (Å²) < 4.78 is 0. The van der Waals surface area contributed by atoms with Gasteiger partial charge in [-0.25, -0.2) is 15.0 Å². The van der Waals surface area contributed by atoms with Gasteiger partial charge in [-0.2, -0.15) is 0 Å². The third kappa shape index (κ3) is 6.10. The van der Waals surface area contributed by atoms with Crippen LogP contribution in [0.5, 0.6) is 0 Å². The molecule has 2 heterocycles. The predicted octanol–water partition coefficient (Wildman–Crippen LogP) is 3.74. The average Bonchev–Trinajstić information content (AvgIpc) is 2.91. The minimum absolute atomic E-state index is 0.241. The Hall–Kier alpha value is -1.99. The van der Waals surface area contributed by atoms with Crippen molar-refractivity contribution in [2.45, 2.75) is 47.1 Å². The zero-order valence-corrected chi connectivity index (χ0v) is 16.4. The van der Waals surface area contributed by atoms with Gasteiger partial charge in [-0.3, -0.25) is 0 Å². The van der Waals surface area contributed by atoms with Gasteiger partial charge in [-0.05, 0) is 50.4 Å². The van der Waals surface area contributed by atoms with Crippen LogP contribution >= 0.6 is 11.3 Å². The van der Waals surface area contributed by atoms with Crippen LogP contribution in [0.1, 0.15) is 41.0 Å². The van der Waals surface area contributed by atoms with Gasteiger partial charge >= 0.3 is 0 Å². The quantitative estimate of drug-likeness (QED) is 0.398. The molecule has 2 aromatic heterocycles. The van der Waals surface area contributed by atoms with Crippen molar-refractivity contribution < 1.29 is 0 Å². The normalized spacial score (nSPS) is 14.8. The lowest BCUT2D eigenvalue weighted by Crippen LogP contribution is -2.38. The van der Waals surface area contributed by atoms with Crippen molar-refractivity contribution in [2.75, 3.05) is 11.9 Å². The van der Waals surface area contributed by atoms with Crippen molar-refractivity contribution in [3.63, 3.8) is 0 Å². The molecule has 0 amide bonds. The number of fused-ring (bicyclic) bond motifs is 1. The largest absolute Gasteiger partial charge is 0.387 e. The summed E-state index contributed by atoms with van der Waals surface area (Å²) in [4.78, 5) is 14.1. The van der Waals surface area contributed by atoms with Crippen LogP contribution < -0.4 is 16.4 Å². The fourth-order valence-corrected chi connectivity index (χ4v) is 2.88. The number of nitrogens with two attached hydrogens (primary N) is 1. The zero-order chi connectivity index (χ0) is 18.4. The summed E-state index contributed by atoms with van der Waals surface area (Å²) in [7, 11) is 0. The molecule has 0 bridgehead atoms. The highest BCUT2D eigenvalue weighted by molar-refractivity contribution is 7.21. The fraction of sp³-hybridized carbons (Fsp3) is 0.500. The van der Waals surface area contributed by atoms with E-state index in [1.54, 1.807) is 13.1 Å². The topological polar surface area (TPSA) is 88.2 Å². The van der Waals surface area contributed by atoms with Crippen molar-refractivity contribution in [3.05, 3.63) is 30.2 Å². The van der Waals surface area contributed by atoms with E-state index in [9.17, 15) is 0 Å². The van der Waals surface area contributed by atoms with E-state index in [0.29, 0.717) is 17.7 Å². The van der Waals surface area contributed by atoms with Crippen LogP contribution in [0.2, 0.25) is 0 Å². The molecule has 25 heavy (non-hydrogen) atoms. The van der Waals surface area contributed by atoms with Gasteiger partial charge < -0.3 is 16.4 Å². The second-order valence-corrected chi connectivity index (χ2v) is 8.12. The van der Waals surface area contributed by atoms with Crippen LogP contribution in [0.25, 0.3) is 10.3 Å². The smallest absolute Gasteiger partial charge is 0.190 e. The zero-order valence-electron chi connectivity index (χ0n) is 15.6. The molecule has 0 unspecified atom stereocenters. The minimum Gasteiger partial charge on any atom is -0.387 e. The Morgan fingerprint density at radius 2 is 2.20 bits per heavy atom. The molecule has 0 saturated carbocycles. The molecule has 0 aliphatic rings. The first-order valence-corrected chi connectivity index (χ1v) is 9.30. The molecule has 2 aromatic rings. The van der Waals surface area contributed by atoms with Crippen LogP contribution in [0.3, 0.4) is 0 Å². The van der Waals surface area contributed by atoms with E-state index in [4.69, 9.17) is 5.73 Å². The lowest BCUT2D eigenvalue weighted by molar-refractivity contribution is 0.288. The molecular formula is C18H28N6S. The molecule has 136 valence electrons. The Morgan fingerprint density at radius 3 is 2.84 bits per heavy atom. The highest BCUT2D eigenvalue weighted by Gasteiger charge is 2.18. The predicted molar refractivity (Wildman–Crippen MR) is 108 cm³/mol. The first-order valence-electron chi connectivity index (χ1n) is 8.48. The van der Waals surface area contributed by atoms with Crippen molar-refractivity contribution in [3.8, 4) is 0 Å². The molecule has 0 aromatic carbocycles. The van der Waals surface area contributed by atoms with Gasteiger partial charge in [0.05, 0.1) is 5.84 Å². The van der Waals surface area contributed by atoms with E-state index in [2.05, 4.69) is 53.3 Å². The maximum Gasteiger partial charge on any atom is 0.190 e. The molecule has 0 aliphatic carbocycles. The van der Waals surface area contributed by atoms with E-state index < -0.39 is 0 Å². The molecule has 0 saturated heterocycles. The van der Waals surface area contributed by atoms with Crippen molar-refractivity contribution in [2.24, 2.45) is 16.1 Å². The van der Waals surface area contributed by atoms with Gasteiger partial charge in [-0.1, -0.05) is 32.1 Å². The monoisotopic (exact) mass is 360 g/mol. The summed E-state index contributed by atoms with van der Waals surface area (Å²) in [5, 5.41) is 7.56. The summed E-state index contributed by atoms with van der Waals surface area (Å²) in [6.07, 6.45) is 4.66. The Kier molecular flexibility index (Phi) is 6.50. The number of nitrogens with one attached hydrogen (secondary N) is 2. The Labute approximate surface area is 153 Å². The second-order valence-electron chi connectivity index (χ2n) is 7.14. The highest BCUT2D eigenvalue weighted by Crippen LogP contribution is 2.25. The Bertz CT molecular complexity index is 719. The summed E-state index contributed by atoms with van der Waals surface area (Å²) in [6, 6.07) is 4.27. The van der Waals surface area contributed by atoms with Crippen molar-refractivity contribution in [1.29, 1.82) is 0 Å². The van der Waals surface area contributed by atoms with Gasteiger partial charge in [0.2, 0.25) is 0 Å². The summed E-state index contributed by atoms with van der Waals surface area (Å²) in [5.41, 5.74) is 6.87. The maximum atomic E-state index is 5.76. The van der Waals surface area contributed by atoms with Gasteiger partial charge in [0.1, 0.15) is 16.2 Å². The lowest BCUT2D eigenvalue weighted by atomic mass is 9.88. The van der Waals surface area contributed by atoms with E-state index in [0.717, 1.165) is 28.4 Å². The van der Waals surface area contributed by atoms with E-state index in [1.165, 1.54) is 11.3 Å². The van der Waals surface area contributed by atoms with E-state index in [-0.39, 0.29) is 5.41 Å². The van der Waals surface area contributed by atoms with Gasteiger partial charge in [0.15, 0.2) is 5.13 Å². The average molecular weight is 361 g/mol. The maximum absolute atomic E-state index is 5.76. The summed E-state index contributed by atoms with van der Waals surface area (Å²) in [6.45, 7) is 11.6. The second kappa shape index (κ2) is 8.40. The molecule has 7 heteroatoms. The number of hydrogen-bond acceptors (Lipinski definition) is 6. The molecule has 0 fully saturated rings. The Morgan fingerprint density at radius 1 is 1.44 bits per heavy atom. The molecule has 0 spiro atoms. The highest BCUT2D eigenvalue weighted by atomic mass is 32.1. The first kappa shape index (κ1) is 19.3. The van der Waals surface area contributed by atoms with Crippen LogP contribution in [-0.2, 0) is 0 Å². The summed E-state index contributed by atoms with van der Waals surface area (Å²) in [5.74, 6) is 1.22. The fourth-order valence-electron chi connectivity index (χ4n) is 2.06. The number of aromatic nitrogens is 2. The number of hydrogen-bond donors (Lipinski definition) is 3. The number of amidine groups is 1. The van der Waals surface area contributed by atoms with Crippen LogP contribution in [0, 0.1) is 5.41 Å². The lowest BCUT2D eigenvalue weighted by Gasteiger charge is -2.28. The molecular weight excluding hydrogens is 332 g/mol. The molecule has 2 rings (SSSR count). The van der Waals surface area contributed by atoms with Gasteiger partial charge in [0.25, 0.3) is 0 Å². The van der Waals surface area contributed by atoms with Crippen molar-refractivity contribution in [1.82, 2.24) is 15.3 Å². The third-order valence-corrected chi connectivity index (χ3v) is 4.82. The number of nitrogens with zero attached hydrogens (tertiary/aromatic N) is 3. The van der Waals surface area contributed by atoms with Crippen molar-refractivity contribution >= 4 is 32.7 Å². The molecule has 0 aliphatic heterocycles. The SMILES string of the molecule is C/C(N)=N\C(=C/CCN[C@@H](C)C(C)(C)C)Nc1nc2cccnc2s1. The third-order valence-electron chi connectivity index (χ3n) is 3.93. The molecule has 0 radical (unpaired) electrons. The number of rotatable bonds is 7. The van der Waals surface area contributed by atoms with Gasteiger partial charge in [-0.15, -0.1) is 0 Å². The van der Waals surface area contributed by atoms with Crippen LogP contribution in [-0.4, -0.2) is 28.4 Å². The number of thiazole rings is 1. The number of pyridine rings is 1. The van der Waals surface area contributed by atoms with Crippen LogP contribution in [0.15, 0.2) is 35.2 Å². The number of anilines is 1. The first-order chi connectivity index (χ1) is 11.8. The van der Waals surface area contributed by atoms with Crippen LogP contribution in [0.4, 0.5) is 5.13 Å². The van der Waals surface area contributed by atoms with E-state index >= 15 is 0 Å². The van der Waals surface area contributed by atoms with Gasteiger partial charge in [0, 0.05) is 12.2 Å². The molecule has 6 nitrogen and oxygen atoms in total. The molecule has 4 N–H and O–H groups in total. The molecule has 1 atom stereocenters. The summed E-state index contributed by atoms with van der Waals surface area (Å²) >= 11 is 1.50. The standard InChI is InChI=1S/C18H28N6S/c1-12(18(3,4)5)20-10-7-9-15(22-13(2)19)24-17-23-14-8-6-11-21-16(14)25-17/h6,8-9,11-12,20H,7,10H2,1-5H3,(H2,19,22)(H,23,24)/b15-9+/t12-/m0/s1. The number of aliphatic imine (C=N–C) groups is 1. The Balaban J connectivity index is 2.02.